The molecule has 0 saturated carbocycles. The van der Waals surface area contributed by atoms with Crippen LogP contribution in [0.15, 0.2) is 85.1 Å². The average Bonchev–Trinajstić information content (AvgIpc) is 2.77. The van der Waals surface area contributed by atoms with Gasteiger partial charge in [0.15, 0.2) is 0 Å². The first-order valence-electron chi connectivity index (χ1n) is 9.06. The third-order valence-corrected chi connectivity index (χ3v) is 4.10. The van der Waals surface area contributed by atoms with Crippen LogP contribution in [0.5, 0.6) is 17.2 Å². The fourth-order valence-electron chi connectivity index (χ4n) is 2.72. The van der Waals surface area contributed by atoms with Crippen molar-refractivity contribution in [2.75, 3.05) is 14.2 Å². The van der Waals surface area contributed by atoms with E-state index in [9.17, 15) is 4.79 Å². The van der Waals surface area contributed by atoms with E-state index in [1.807, 2.05) is 60.7 Å². The molecule has 0 aromatic heterocycles. The fraction of sp³-hybridized carbons (Fsp3) is 0.125. The third kappa shape index (κ3) is 5.39. The van der Waals surface area contributed by atoms with E-state index >= 15 is 0 Å². The van der Waals surface area contributed by atoms with Gasteiger partial charge in [0.2, 0.25) is 0 Å². The molecule has 0 aliphatic rings. The molecule has 148 valence electrons. The van der Waals surface area contributed by atoms with Gasteiger partial charge in [-0.2, -0.15) is 0 Å². The number of carbonyl (C=O) groups excluding carboxylic acids is 1. The Morgan fingerprint density at radius 2 is 1.59 bits per heavy atom. The topological polar surface area (TPSA) is 54.0 Å². The first-order valence-corrected chi connectivity index (χ1v) is 9.06. The van der Waals surface area contributed by atoms with Crippen molar-refractivity contribution in [1.29, 1.82) is 0 Å². The number of ether oxygens (including phenoxy) is 4. The van der Waals surface area contributed by atoms with Crippen molar-refractivity contribution in [3.63, 3.8) is 0 Å². The van der Waals surface area contributed by atoms with E-state index in [0.717, 1.165) is 5.56 Å². The summed E-state index contributed by atoms with van der Waals surface area (Å²) in [7, 11) is 2.79. The Hall–Kier alpha value is -3.73. The van der Waals surface area contributed by atoms with Crippen molar-refractivity contribution < 1.29 is 23.7 Å². The molecule has 0 aliphatic carbocycles. The molecule has 5 heteroatoms. The number of carbonyl (C=O) groups is 1. The van der Waals surface area contributed by atoms with Crippen LogP contribution >= 0.6 is 0 Å². The number of hydrogen-bond donors (Lipinski definition) is 0. The van der Waals surface area contributed by atoms with E-state index in [1.54, 1.807) is 18.2 Å². The Labute approximate surface area is 170 Å². The molecule has 0 saturated heterocycles. The summed E-state index contributed by atoms with van der Waals surface area (Å²) in [6, 6.07) is 24.5. The van der Waals surface area contributed by atoms with E-state index in [4.69, 9.17) is 18.9 Å². The number of para-hydroxylation sites is 1. The van der Waals surface area contributed by atoms with E-state index in [-0.39, 0.29) is 5.57 Å². The lowest BCUT2D eigenvalue weighted by Crippen LogP contribution is -2.05. The van der Waals surface area contributed by atoms with E-state index in [1.165, 1.54) is 20.5 Å². The highest BCUT2D eigenvalue weighted by Gasteiger charge is 2.18. The minimum Gasteiger partial charge on any atom is -0.503 e. The van der Waals surface area contributed by atoms with Crippen molar-refractivity contribution in [2.45, 2.75) is 6.61 Å². The summed E-state index contributed by atoms with van der Waals surface area (Å²) in [6.07, 6.45) is 1.34. The molecule has 0 spiro atoms. The molecule has 3 aromatic rings. The highest BCUT2D eigenvalue weighted by atomic mass is 16.5. The monoisotopic (exact) mass is 390 g/mol. The molecule has 0 unspecified atom stereocenters. The molecule has 0 atom stereocenters. The smallest absolute Gasteiger partial charge is 0.341 e. The van der Waals surface area contributed by atoms with Crippen LogP contribution in [-0.2, 0) is 20.9 Å². The van der Waals surface area contributed by atoms with Gasteiger partial charge in [-0.25, -0.2) is 4.79 Å². The summed E-state index contributed by atoms with van der Waals surface area (Å²) >= 11 is 0. The Kier molecular flexibility index (Phi) is 6.90. The Morgan fingerprint density at radius 1 is 0.862 bits per heavy atom. The summed E-state index contributed by atoms with van der Waals surface area (Å²) in [5.41, 5.74) is 1.91. The molecule has 0 bridgehead atoms. The van der Waals surface area contributed by atoms with Crippen LogP contribution in [0.4, 0.5) is 0 Å². The van der Waals surface area contributed by atoms with Gasteiger partial charge in [-0.1, -0.05) is 54.6 Å². The molecule has 3 aromatic carbocycles. The van der Waals surface area contributed by atoms with Crippen LogP contribution in [0.3, 0.4) is 0 Å². The van der Waals surface area contributed by atoms with Gasteiger partial charge in [0.1, 0.15) is 29.4 Å². The molecular weight excluding hydrogens is 368 g/mol. The molecule has 0 radical (unpaired) electrons. The highest BCUT2D eigenvalue weighted by Crippen LogP contribution is 2.32. The Balaban J connectivity index is 1.80. The third-order valence-electron chi connectivity index (χ3n) is 4.10. The Bertz CT molecular complexity index is 979. The van der Waals surface area contributed by atoms with E-state index in [2.05, 4.69) is 0 Å². The second-order valence-electron chi connectivity index (χ2n) is 6.11. The summed E-state index contributed by atoms with van der Waals surface area (Å²) in [5.74, 6) is 1.26. The van der Waals surface area contributed by atoms with Crippen LogP contribution < -0.4 is 9.47 Å². The average molecular weight is 390 g/mol. The molecule has 0 aliphatic heterocycles. The molecule has 0 heterocycles. The highest BCUT2D eigenvalue weighted by molar-refractivity contribution is 6.17. The van der Waals surface area contributed by atoms with Crippen molar-refractivity contribution in [1.82, 2.24) is 0 Å². The van der Waals surface area contributed by atoms with Crippen molar-refractivity contribution >= 4 is 11.5 Å². The van der Waals surface area contributed by atoms with Gasteiger partial charge < -0.3 is 18.9 Å². The number of rotatable bonds is 8. The van der Waals surface area contributed by atoms with Crippen molar-refractivity contribution in [3.05, 3.63) is 96.3 Å². The maximum Gasteiger partial charge on any atom is 0.341 e. The lowest BCUT2D eigenvalue weighted by Gasteiger charge is -2.13. The van der Waals surface area contributed by atoms with Gasteiger partial charge in [-0.05, 0) is 23.8 Å². The molecule has 0 N–H and O–H groups in total. The van der Waals surface area contributed by atoms with Gasteiger partial charge in [-0.3, -0.25) is 0 Å². The second kappa shape index (κ2) is 9.99. The van der Waals surface area contributed by atoms with Gasteiger partial charge in [0.25, 0.3) is 0 Å². The Morgan fingerprint density at radius 3 is 2.34 bits per heavy atom. The summed E-state index contributed by atoms with van der Waals surface area (Å²) < 4.78 is 21.8. The molecule has 29 heavy (non-hydrogen) atoms. The number of benzene rings is 3. The van der Waals surface area contributed by atoms with Crippen LogP contribution in [0.25, 0.3) is 5.57 Å². The lowest BCUT2D eigenvalue weighted by atomic mass is 10.1. The van der Waals surface area contributed by atoms with Gasteiger partial charge in [0, 0.05) is 11.6 Å². The zero-order valence-electron chi connectivity index (χ0n) is 16.3. The first-order chi connectivity index (χ1) is 14.2. The second-order valence-corrected chi connectivity index (χ2v) is 6.11. The molecule has 5 nitrogen and oxygen atoms in total. The molecular formula is C24H22O5. The minimum absolute atomic E-state index is 0.266. The van der Waals surface area contributed by atoms with Crippen molar-refractivity contribution in [3.8, 4) is 17.2 Å². The number of hydrogen-bond acceptors (Lipinski definition) is 5. The summed E-state index contributed by atoms with van der Waals surface area (Å²) in [6.45, 7) is 0.462. The normalized spacial score (nSPS) is 10.9. The number of methoxy groups -OCH3 is 2. The fourth-order valence-corrected chi connectivity index (χ4v) is 2.72. The minimum atomic E-state index is -0.511. The quantitative estimate of drug-likeness (QED) is 0.300. The van der Waals surface area contributed by atoms with Gasteiger partial charge in [-0.15, -0.1) is 0 Å². The summed E-state index contributed by atoms with van der Waals surface area (Å²) in [5, 5.41) is 0. The standard InChI is InChI=1S/C24H22O5/c1-26-17-22(24(25)27-2)21-13-6-7-14-23(21)29-20-12-8-11-19(15-20)28-16-18-9-4-3-5-10-18/h3-15,17H,16H2,1-2H3/b22-17+. The first kappa shape index (κ1) is 20.0. The van der Waals surface area contributed by atoms with Crippen LogP contribution in [0.1, 0.15) is 11.1 Å². The molecule has 3 rings (SSSR count). The predicted molar refractivity (Wildman–Crippen MR) is 111 cm³/mol. The van der Waals surface area contributed by atoms with E-state index < -0.39 is 5.97 Å². The van der Waals surface area contributed by atoms with Gasteiger partial charge in [0.05, 0.1) is 20.5 Å². The van der Waals surface area contributed by atoms with Crippen molar-refractivity contribution in [2.24, 2.45) is 0 Å². The zero-order chi connectivity index (χ0) is 20.5. The van der Waals surface area contributed by atoms with Gasteiger partial charge >= 0.3 is 5.97 Å². The number of esters is 1. The summed E-state index contributed by atoms with van der Waals surface area (Å²) in [4.78, 5) is 12.1. The molecule has 0 amide bonds. The molecule has 0 fully saturated rings. The zero-order valence-corrected chi connectivity index (χ0v) is 16.3. The SMILES string of the molecule is CO/C=C(/C(=O)OC)c1ccccc1Oc1cccc(OCc2ccccc2)c1. The maximum absolute atomic E-state index is 12.1. The van der Waals surface area contributed by atoms with Crippen LogP contribution in [-0.4, -0.2) is 20.2 Å². The lowest BCUT2D eigenvalue weighted by molar-refractivity contribution is -0.133. The van der Waals surface area contributed by atoms with E-state index in [0.29, 0.717) is 29.4 Å². The maximum atomic E-state index is 12.1. The predicted octanol–water partition coefficient (Wildman–Crippen LogP) is 5.22. The van der Waals surface area contributed by atoms with Crippen LogP contribution in [0.2, 0.25) is 0 Å². The largest absolute Gasteiger partial charge is 0.503 e. The van der Waals surface area contributed by atoms with Crippen LogP contribution in [0, 0.1) is 0 Å².